The number of halogens is 3. The van der Waals surface area contributed by atoms with Crippen LogP contribution in [0, 0.1) is 11.8 Å². The summed E-state index contributed by atoms with van der Waals surface area (Å²) in [6, 6.07) is 2.41. The van der Waals surface area contributed by atoms with E-state index in [2.05, 4.69) is 11.8 Å². The van der Waals surface area contributed by atoms with Crippen molar-refractivity contribution in [2.45, 2.75) is 44.4 Å². The fourth-order valence-electron chi connectivity index (χ4n) is 3.43. The van der Waals surface area contributed by atoms with Crippen LogP contribution in [0.5, 0.6) is 0 Å². The van der Waals surface area contributed by atoms with E-state index in [4.69, 9.17) is 23.4 Å². The van der Waals surface area contributed by atoms with Crippen LogP contribution in [0.15, 0.2) is 38.6 Å². The SMILES string of the molecule is CCC#CCO[C@H]1C[C@H](n2cc(C(F)(F)F)c(=O)n(C(=O)c3ccco3)c2=O)O[C@@H]1COCOC. The van der Waals surface area contributed by atoms with Gasteiger partial charge in [0.05, 0.1) is 19.0 Å². The molecule has 0 bridgehead atoms. The Morgan fingerprint density at radius 3 is 2.69 bits per heavy atom. The molecular formula is C22H23F3N2O8. The minimum Gasteiger partial charge on any atom is -0.459 e. The molecule has 1 fully saturated rings. The first kappa shape index (κ1) is 26.4. The molecule has 13 heteroatoms. The number of aromatic nitrogens is 2. The lowest BCUT2D eigenvalue weighted by atomic mass is 10.2. The van der Waals surface area contributed by atoms with Crippen molar-refractivity contribution >= 4 is 5.91 Å². The minimum atomic E-state index is -5.15. The maximum absolute atomic E-state index is 13.7. The van der Waals surface area contributed by atoms with Crippen LogP contribution in [-0.4, -0.2) is 54.4 Å². The molecule has 2 aromatic rings. The Morgan fingerprint density at radius 1 is 1.29 bits per heavy atom. The number of methoxy groups -OCH3 is 1. The quantitative estimate of drug-likeness (QED) is 0.308. The van der Waals surface area contributed by atoms with Gasteiger partial charge in [-0.3, -0.25) is 14.2 Å². The average molecular weight is 500 g/mol. The fourth-order valence-corrected chi connectivity index (χ4v) is 3.43. The maximum atomic E-state index is 13.7. The van der Waals surface area contributed by atoms with E-state index in [9.17, 15) is 27.6 Å². The number of carbonyl (C=O) groups excluding carboxylic acids is 1. The molecule has 35 heavy (non-hydrogen) atoms. The largest absolute Gasteiger partial charge is 0.459 e. The van der Waals surface area contributed by atoms with Crippen LogP contribution in [0.4, 0.5) is 13.2 Å². The molecule has 0 saturated carbocycles. The summed E-state index contributed by atoms with van der Waals surface area (Å²) in [5.41, 5.74) is -4.86. The molecule has 190 valence electrons. The summed E-state index contributed by atoms with van der Waals surface area (Å²) in [4.78, 5) is 38.2. The van der Waals surface area contributed by atoms with E-state index >= 15 is 0 Å². The van der Waals surface area contributed by atoms with Gasteiger partial charge in [0, 0.05) is 26.1 Å². The van der Waals surface area contributed by atoms with Crippen molar-refractivity contribution in [2.75, 3.05) is 27.1 Å². The summed E-state index contributed by atoms with van der Waals surface area (Å²) in [6.45, 7) is 1.75. The Hall–Kier alpha value is -3.18. The van der Waals surface area contributed by atoms with Gasteiger partial charge in [-0.15, -0.1) is 5.92 Å². The van der Waals surface area contributed by atoms with E-state index in [0.717, 1.165) is 12.3 Å². The summed E-state index contributed by atoms with van der Waals surface area (Å²) in [5.74, 6) is 3.78. The van der Waals surface area contributed by atoms with Crippen LogP contribution >= 0.6 is 0 Å². The van der Waals surface area contributed by atoms with Crippen molar-refractivity contribution in [1.82, 2.24) is 9.13 Å². The maximum Gasteiger partial charge on any atom is 0.423 e. The molecule has 10 nitrogen and oxygen atoms in total. The van der Waals surface area contributed by atoms with Gasteiger partial charge in [-0.25, -0.2) is 4.79 Å². The number of nitrogens with zero attached hydrogens (tertiary/aromatic N) is 2. The molecule has 3 rings (SSSR count). The number of hydrogen-bond acceptors (Lipinski definition) is 8. The molecule has 1 aliphatic rings. The molecule has 3 heterocycles. The smallest absolute Gasteiger partial charge is 0.423 e. The standard InChI is InChI=1S/C22H23F3N2O8/c1-3-4-5-8-34-16-10-18(35-17(16)12-32-13-31-2)26-11-14(22(23,24)25)19(28)27(21(26)30)20(29)15-7-6-9-33-15/h6-7,9,11,16-18H,3,8,10,12-13H2,1-2H3/t16-,17+,18+/m0/s1. The van der Waals surface area contributed by atoms with Crippen LogP contribution in [0.2, 0.25) is 0 Å². The molecule has 0 radical (unpaired) electrons. The van der Waals surface area contributed by atoms with Gasteiger partial charge in [0.15, 0.2) is 5.76 Å². The van der Waals surface area contributed by atoms with Gasteiger partial charge in [0.2, 0.25) is 0 Å². The lowest BCUT2D eigenvalue weighted by Crippen LogP contribution is -2.47. The number of rotatable bonds is 8. The Balaban J connectivity index is 2.02. The topological polar surface area (TPSA) is 111 Å². The second-order valence-electron chi connectivity index (χ2n) is 7.35. The highest BCUT2D eigenvalue weighted by atomic mass is 19.4. The molecule has 3 atom stereocenters. The van der Waals surface area contributed by atoms with Crippen molar-refractivity contribution in [3.05, 3.63) is 56.8 Å². The van der Waals surface area contributed by atoms with Gasteiger partial charge in [-0.05, 0) is 12.1 Å². The minimum absolute atomic E-state index is 0.0224. The normalized spacial score (nSPS) is 20.0. The molecule has 2 aromatic heterocycles. The molecule has 0 spiro atoms. The van der Waals surface area contributed by atoms with E-state index in [1.54, 1.807) is 0 Å². The van der Waals surface area contributed by atoms with Gasteiger partial charge in [-0.1, -0.05) is 12.8 Å². The first-order chi connectivity index (χ1) is 16.7. The predicted molar refractivity (Wildman–Crippen MR) is 113 cm³/mol. The van der Waals surface area contributed by atoms with E-state index in [1.165, 1.54) is 13.2 Å². The third-order valence-electron chi connectivity index (χ3n) is 5.00. The molecular weight excluding hydrogens is 477 g/mol. The van der Waals surface area contributed by atoms with Crippen LogP contribution in [0.25, 0.3) is 0 Å². The van der Waals surface area contributed by atoms with Crippen LogP contribution < -0.4 is 11.2 Å². The lowest BCUT2D eigenvalue weighted by molar-refractivity contribution is -0.140. The third-order valence-corrected chi connectivity index (χ3v) is 5.00. The zero-order valence-electron chi connectivity index (χ0n) is 18.9. The van der Waals surface area contributed by atoms with Gasteiger partial charge >= 0.3 is 17.8 Å². The molecule has 0 amide bonds. The highest BCUT2D eigenvalue weighted by molar-refractivity contribution is 5.93. The first-order valence-corrected chi connectivity index (χ1v) is 10.5. The molecule has 0 unspecified atom stereocenters. The number of ether oxygens (including phenoxy) is 4. The van der Waals surface area contributed by atoms with Gasteiger partial charge in [0.25, 0.3) is 5.56 Å². The Bertz CT molecular complexity index is 1190. The molecule has 0 N–H and O–H groups in total. The van der Waals surface area contributed by atoms with E-state index in [1.807, 2.05) is 6.92 Å². The summed E-state index contributed by atoms with van der Waals surface area (Å²) in [5, 5.41) is 0. The zero-order valence-corrected chi connectivity index (χ0v) is 18.9. The summed E-state index contributed by atoms with van der Waals surface area (Å²) in [6.07, 6.45) is -5.98. The van der Waals surface area contributed by atoms with Crippen LogP contribution in [0.1, 0.15) is 42.1 Å². The lowest BCUT2D eigenvalue weighted by Gasteiger charge is -2.19. The van der Waals surface area contributed by atoms with E-state index < -0.39 is 53.1 Å². The second-order valence-corrected chi connectivity index (χ2v) is 7.35. The first-order valence-electron chi connectivity index (χ1n) is 10.5. The van der Waals surface area contributed by atoms with Crippen molar-refractivity contribution in [3.8, 4) is 11.8 Å². The molecule has 1 saturated heterocycles. The number of alkyl halides is 3. The van der Waals surface area contributed by atoms with E-state index in [-0.39, 0.29) is 31.0 Å². The summed E-state index contributed by atoms with van der Waals surface area (Å²) < 4.78 is 67.8. The van der Waals surface area contributed by atoms with Crippen LogP contribution in [0.3, 0.4) is 0 Å². The van der Waals surface area contributed by atoms with Gasteiger partial charge in [0.1, 0.15) is 31.3 Å². The molecule has 0 aliphatic carbocycles. The van der Waals surface area contributed by atoms with Crippen molar-refractivity contribution in [3.63, 3.8) is 0 Å². The predicted octanol–water partition coefficient (Wildman–Crippen LogP) is 2.02. The third kappa shape index (κ3) is 6.09. The number of carbonyl (C=O) groups is 1. The Kier molecular flexibility index (Phi) is 8.68. The highest BCUT2D eigenvalue weighted by Crippen LogP contribution is 2.32. The fraction of sp³-hybridized carbons (Fsp3) is 0.500. The zero-order chi connectivity index (χ0) is 25.6. The van der Waals surface area contributed by atoms with Crippen molar-refractivity contribution in [2.24, 2.45) is 0 Å². The summed E-state index contributed by atoms with van der Waals surface area (Å²) >= 11 is 0. The van der Waals surface area contributed by atoms with Gasteiger partial charge < -0.3 is 23.4 Å². The monoisotopic (exact) mass is 500 g/mol. The Morgan fingerprint density at radius 2 is 2.06 bits per heavy atom. The number of hydrogen-bond donors (Lipinski definition) is 0. The summed E-state index contributed by atoms with van der Waals surface area (Å²) in [7, 11) is 1.41. The molecule has 0 aromatic carbocycles. The second kappa shape index (κ2) is 11.5. The molecule has 1 aliphatic heterocycles. The van der Waals surface area contributed by atoms with E-state index in [0.29, 0.717) is 17.2 Å². The average Bonchev–Trinajstić information content (AvgIpc) is 3.47. The van der Waals surface area contributed by atoms with Crippen molar-refractivity contribution in [1.29, 1.82) is 0 Å². The number of furan rings is 1. The Labute approximate surface area is 197 Å². The highest BCUT2D eigenvalue weighted by Gasteiger charge is 2.42. The van der Waals surface area contributed by atoms with Crippen molar-refractivity contribution < 1.29 is 41.3 Å². The van der Waals surface area contributed by atoms with Crippen LogP contribution in [-0.2, 0) is 25.1 Å². The van der Waals surface area contributed by atoms with Gasteiger partial charge in [-0.2, -0.15) is 17.7 Å².